The van der Waals surface area contributed by atoms with Gasteiger partial charge in [0.1, 0.15) is 6.17 Å². The third-order valence-electron chi connectivity index (χ3n) is 4.10. The molecule has 0 amide bonds. The topological polar surface area (TPSA) is 37.3 Å². The van der Waals surface area contributed by atoms with E-state index in [2.05, 4.69) is 15.9 Å². The van der Waals surface area contributed by atoms with Gasteiger partial charge in [-0.25, -0.2) is 4.39 Å². The summed E-state index contributed by atoms with van der Waals surface area (Å²) in [4.78, 5) is 11.7. The molecule has 0 spiro atoms. The quantitative estimate of drug-likeness (QED) is 0.868. The number of hydrogen-bond acceptors (Lipinski definition) is 1. The van der Waals surface area contributed by atoms with E-state index in [1.165, 1.54) is 6.92 Å². The summed E-state index contributed by atoms with van der Waals surface area (Å²) in [5, 5.41) is 9.62. The lowest BCUT2D eigenvalue weighted by atomic mass is 9.69. The van der Waals surface area contributed by atoms with Crippen molar-refractivity contribution in [3.8, 4) is 0 Å². The van der Waals surface area contributed by atoms with Crippen LogP contribution in [0.4, 0.5) is 4.39 Å². The molecule has 2 nitrogen and oxygen atoms in total. The summed E-state index contributed by atoms with van der Waals surface area (Å²) in [7, 11) is 0. The Kier molecular flexibility index (Phi) is 4.29. The number of halogens is 2. The van der Waals surface area contributed by atoms with Gasteiger partial charge < -0.3 is 5.11 Å². The highest BCUT2D eigenvalue weighted by Crippen LogP contribution is 2.41. The van der Waals surface area contributed by atoms with Crippen LogP contribution in [0, 0.1) is 0 Å². The molecule has 0 bridgehead atoms. The van der Waals surface area contributed by atoms with Crippen molar-refractivity contribution in [2.24, 2.45) is 0 Å². The highest BCUT2D eigenvalue weighted by atomic mass is 79.9. The molecule has 1 aliphatic carbocycles. The molecule has 0 saturated heterocycles. The molecule has 2 rings (SSSR count). The first kappa shape index (κ1) is 14.5. The second-order valence-electron chi connectivity index (χ2n) is 5.30. The van der Waals surface area contributed by atoms with E-state index in [0.717, 1.165) is 24.8 Å². The Balaban J connectivity index is 2.43. The van der Waals surface area contributed by atoms with E-state index in [9.17, 15) is 14.3 Å². The molecular formula is C15H18BrFO2. The van der Waals surface area contributed by atoms with Gasteiger partial charge >= 0.3 is 5.97 Å². The highest BCUT2D eigenvalue weighted by Gasteiger charge is 2.41. The van der Waals surface area contributed by atoms with Crippen LogP contribution in [-0.4, -0.2) is 11.1 Å². The van der Waals surface area contributed by atoms with Gasteiger partial charge in [-0.3, -0.25) is 4.79 Å². The van der Waals surface area contributed by atoms with Crippen molar-refractivity contribution < 1.29 is 14.3 Å². The lowest BCUT2D eigenvalue weighted by Crippen LogP contribution is -2.37. The Bertz CT molecular complexity index is 479. The number of benzene rings is 1. The molecule has 104 valence electrons. The first-order valence-corrected chi connectivity index (χ1v) is 7.44. The first-order chi connectivity index (χ1) is 8.97. The predicted octanol–water partition coefficient (Wildman–Crippen LogP) is 4.77. The van der Waals surface area contributed by atoms with Crippen LogP contribution in [0.1, 0.15) is 56.3 Å². The van der Waals surface area contributed by atoms with Crippen molar-refractivity contribution in [1.82, 2.24) is 0 Å². The molecule has 1 N–H and O–H groups in total. The minimum atomic E-state index is -1.06. The molecule has 1 aromatic carbocycles. The number of carboxylic acids is 1. The van der Waals surface area contributed by atoms with Gasteiger partial charge in [0.2, 0.25) is 0 Å². The van der Waals surface area contributed by atoms with Gasteiger partial charge in [-0.2, -0.15) is 0 Å². The van der Waals surface area contributed by atoms with Crippen LogP contribution in [-0.2, 0) is 10.2 Å². The summed E-state index contributed by atoms with van der Waals surface area (Å²) in [6.07, 6.45) is 3.24. The molecular weight excluding hydrogens is 311 g/mol. The van der Waals surface area contributed by atoms with Crippen LogP contribution in [0.15, 0.2) is 22.7 Å². The fraction of sp³-hybridized carbons (Fsp3) is 0.533. The normalized spacial score (nSPS) is 19.9. The SMILES string of the molecule is CC(F)c1ccc(C2(C(=O)O)CCCCC2)cc1Br. The molecule has 0 aromatic heterocycles. The second kappa shape index (κ2) is 5.61. The Morgan fingerprint density at radius 2 is 2.00 bits per heavy atom. The van der Waals surface area contributed by atoms with Crippen molar-refractivity contribution in [2.45, 2.75) is 50.6 Å². The Hall–Kier alpha value is -0.900. The molecule has 1 unspecified atom stereocenters. The highest BCUT2D eigenvalue weighted by molar-refractivity contribution is 9.10. The molecule has 4 heteroatoms. The summed E-state index contributed by atoms with van der Waals surface area (Å²) < 4.78 is 14.0. The van der Waals surface area contributed by atoms with E-state index in [1.54, 1.807) is 18.2 Å². The second-order valence-corrected chi connectivity index (χ2v) is 6.15. The molecule has 0 heterocycles. The van der Waals surface area contributed by atoms with E-state index >= 15 is 0 Å². The number of carbonyl (C=O) groups is 1. The van der Waals surface area contributed by atoms with Crippen molar-refractivity contribution >= 4 is 21.9 Å². The average molecular weight is 329 g/mol. The smallest absolute Gasteiger partial charge is 0.314 e. The summed E-state index contributed by atoms with van der Waals surface area (Å²) >= 11 is 3.35. The standard InChI is InChI=1S/C15H18BrFO2/c1-10(17)12-6-5-11(9-13(12)16)15(14(18)19)7-3-2-4-8-15/h5-6,9-10H,2-4,7-8H2,1H3,(H,18,19). The van der Waals surface area contributed by atoms with Gasteiger partial charge in [0.25, 0.3) is 0 Å². The third-order valence-corrected chi connectivity index (χ3v) is 4.78. The van der Waals surface area contributed by atoms with Crippen molar-refractivity contribution in [3.63, 3.8) is 0 Å². The van der Waals surface area contributed by atoms with Crippen LogP contribution in [0.5, 0.6) is 0 Å². The lowest BCUT2D eigenvalue weighted by Gasteiger charge is -2.34. The van der Waals surface area contributed by atoms with Crippen molar-refractivity contribution in [3.05, 3.63) is 33.8 Å². The van der Waals surface area contributed by atoms with Gasteiger partial charge in [-0.05, 0) is 37.0 Å². The fourth-order valence-electron chi connectivity index (χ4n) is 2.93. The molecule has 1 fully saturated rings. The van der Waals surface area contributed by atoms with Crippen LogP contribution in [0.25, 0.3) is 0 Å². The maximum atomic E-state index is 13.4. The minimum Gasteiger partial charge on any atom is -0.481 e. The minimum absolute atomic E-state index is 0.570. The number of rotatable bonds is 3. The summed E-state index contributed by atoms with van der Waals surface area (Å²) in [5.41, 5.74) is 0.565. The summed E-state index contributed by atoms with van der Waals surface area (Å²) in [6, 6.07) is 5.25. The van der Waals surface area contributed by atoms with Gasteiger partial charge in [0, 0.05) is 4.47 Å². The molecule has 1 atom stereocenters. The Morgan fingerprint density at radius 3 is 2.47 bits per heavy atom. The van der Waals surface area contributed by atoms with E-state index in [-0.39, 0.29) is 0 Å². The van der Waals surface area contributed by atoms with E-state index in [4.69, 9.17) is 0 Å². The number of carboxylic acid groups (broad SMARTS) is 1. The zero-order valence-corrected chi connectivity index (χ0v) is 12.5. The molecule has 0 radical (unpaired) electrons. The Morgan fingerprint density at radius 1 is 1.37 bits per heavy atom. The van der Waals surface area contributed by atoms with Crippen molar-refractivity contribution in [2.75, 3.05) is 0 Å². The lowest BCUT2D eigenvalue weighted by molar-refractivity contribution is -0.145. The molecule has 0 aliphatic heterocycles. The van der Waals surface area contributed by atoms with Gasteiger partial charge in [0.05, 0.1) is 5.41 Å². The number of hydrogen-bond donors (Lipinski definition) is 1. The predicted molar refractivity (Wildman–Crippen MR) is 76.1 cm³/mol. The monoisotopic (exact) mass is 328 g/mol. The van der Waals surface area contributed by atoms with Crippen molar-refractivity contribution in [1.29, 1.82) is 0 Å². The molecule has 19 heavy (non-hydrogen) atoms. The molecule has 1 saturated carbocycles. The van der Waals surface area contributed by atoms with Crippen LogP contribution in [0.2, 0.25) is 0 Å². The average Bonchev–Trinajstić information content (AvgIpc) is 2.38. The summed E-state index contributed by atoms with van der Waals surface area (Å²) in [6.45, 7) is 1.48. The fourth-order valence-corrected chi connectivity index (χ4v) is 3.62. The van der Waals surface area contributed by atoms with Gasteiger partial charge in [-0.15, -0.1) is 0 Å². The largest absolute Gasteiger partial charge is 0.481 e. The zero-order valence-electron chi connectivity index (χ0n) is 11.0. The molecule has 1 aliphatic rings. The van der Waals surface area contributed by atoms with Crippen LogP contribution in [0.3, 0.4) is 0 Å². The maximum Gasteiger partial charge on any atom is 0.314 e. The molecule has 1 aromatic rings. The van der Waals surface area contributed by atoms with Gasteiger partial charge in [0.15, 0.2) is 0 Å². The maximum absolute atomic E-state index is 13.4. The third kappa shape index (κ3) is 2.69. The number of alkyl halides is 1. The van der Waals surface area contributed by atoms with E-state index in [1.807, 2.05) is 0 Å². The van der Waals surface area contributed by atoms with Gasteiger partial charge in [-0.1, -0.05) is 47.3 Å². The van der Waals surface area contributed by atoms with E-state index < -0.39 is 17.6 Å². The van der Waals surface area contributed by atoms with Crippen LogP contribution >= 0.6 is 15.9 Å². The summed E-state index contributed by atoms with van der Waals surface area (Å²) in [5.74, 6) is -0.764. The zero-order chi connectivity index (χ0) is 14.0. The number of aliphatic carboxylic acids is 1. The van der Waals surface area contributed by atoms with Crippen LogP contribution < -0.4 is 0 Å². The Labute approximate surface area is 121 Å². The first-order valence-electron chi connectivity index (χ1n) is 6.65. The van der Waals surface area contributed by atoms with E-state index in [0.29, 0.717) is 22.9 Å².